The van der Waals surface area contributed by atoms with Gasteiger partial charge in [0.15, 0.2) is 0 Å². The lowest BCUT2D eigenvalue weighted by atomic mass is 10.1. The first-order chi connectivity index (χ1) is 9.31. The summed E-state index contributed by atoms with van der Waals surface area (Å²) in [5.74, 6) is 0. The number of benzene rings is 1. The molecule has 1 aromatic heterocycles. The Morgan fingerprint density at radius 2 is 2.11 bits per heavy atom. The monoisotopic (exact) mass is 272 g/mol. The van der Waals surface area contributed by atoms with Gasteiger partial charge in [-0.3, -0.25) is 0 Å². The van der Waals surface area contributed by atoms with Crippen LogP contribution < -0.4 is 5.32 Å². The predicted molar refractivity (Wildman–Crippen MR) is 76.9 cm³/mol. The molecule has 4 heteroatoms. The molecule has 1 atom stereocenters. The molecule has 1 aromatic carbocycles. The van der Waals surface area contributed by atoms with Crippen LogP contribution in [0, 0.1) is 11.3 Å². The Labute approximate surface area is 117 Å². The van der Waals surface area contributed by atoms with Crippen LogP contribution in [0.25, 0.3) is 0 Å². The van der Waals surface area contributed by atoms with Crippen molar-refractivity contribution in [2.45, 2.75) is 19.0 Å². The molecule has 0 aliphatic rings. The molecule has 0 fully saturated rings. The number of nitrogens with one attached hydrogen (secondary N) is 1. The number of aliphatic hydroxyl groups excluding tert-OH is 1. The third-order valence-corrected chi connectivity index (χ3v) is 3.83. The second-order valence-corrected chi connectivity index (χ2v) is 5.36. The molecule has 98 valence electrons. The maximum absolute atomic E-state index is 9.41. The standard InChI is InChI=1S/C15H16N2OS/c16-8-13-7-15(19-11-13)9-17-14(10-18)6-12-4-2-1-3-5-12/h1-5,7,11,14,17-18H,6,9-10H2/t14-/m0/s1. The molecule has 0 bridgehead atoms. The van der Waals surface area contributed by atoms with Gasteiger partial charge >= 0.3 is 0 Å². The summed E-state index contributed by atoms with van der Waals surface area (Å²) in [6.45, 7) is 0.787. The van der Waals surface area contributed by atoms with Crippen molar-refractivity contribution in [3.63, 3.8) is 0 Å². The van der Waals surface area contributed by atoms with Crippen LogP contribution in [0.4, 0.5) is 0 Å². The molecule has 0 saturated carbocycles. The molecule has 0 aliphatic carbocycles. The third-order valence-electron chi connectivity index (χ3n) is 2.89. The molecule has 2 rings (SSSR count). The maximum Gasteiger partial charge on any atom is 0.100 e. The van der Waals surface area contributed by atoms with Gasteiger partial charge in [0.25, 0.3) is 0 Å². The fraction of sp³-hybridized carbons (Fsp3) is 0.267. The lowest BCUT2D eigenvalue weighted by molar-refractivity contribution is 0.241. The second kappa shape index (κ2) is 7.05. The number of hydrogen-bond donors (Lipinski definition) is 2. The van der Waals surface area contributed by atoms with Crippen molar-refractivity contribution >= 4 is 11.3 Å². The van der Waals surface area contributed by atoms with Crippen LogP contribution in [0.3, 0.4) is 0 Å². The Hall–Kier alpha value is -1.67. The van der Waals surface area contributed by atoms with Gasteiger partial charge in [-0.15, -0.1) is 11.3 Å². The van der Waals surface area contributed by atoms with E-state index in [1.54, 1.807) is 11.3 Å². The van der Waals surface area contributed by atoms with E-state index >= 15 is 0 Å². The zero-order valence-electron chi connectivity index (χ0n) is 10.5. The van der Waals surface area contributed by atoms with E-state index in [2.05, 4.69) is 23.5 Å². The smallest absolute Gasteiger partial charge is 0.100 e. The number of rotatable bonds is 6. The van der Waals surface area contributed by atoms with Crippen molar-refractivity contribution in [1.82, 2.24) is 5.32 Å². The van der Waals surface area contributed by atoms with Crippen LogP contribution in [0.15, 0.2) is 41.8 Å². The Morgan fingerprint density at radius 1 is 1.32 bits per heavy atom. The third kappa shape index (κ3) is 4.18. The molecule has 0 saturated heterocycles. The highest BCUT2D eigenvalue weighted by Crippen LogP contribution is 2.14. The van der Waals surface area contributed by atoms with E-state index in [-0.39, 0.29) is 12.6 Å². The Balaban J connectivity index is 1.87. The van der Waals surface area contributed by atoms with Crippen LogP contribution in [-0.4, -0.2) is 17.8 Å². The van der Waals surface area contributed by atoms with Crippen molar-refractivity contribution in [3.8, 4) is 6.07 Å². The number of nitrogens with zero attached hydrogens (tertiary/aromatic N) is 1. The van der Waals surface area contributed by atoms with Crippen LogP contribution in [0.1, 0.15) is 16.0 Å². The topological polar surface area (TPSA) is 56.0 Å². The molecule has 0 amide bonds. The molecule has 0 unspecified atom stereocenters. The highest BCUT2D eigenvalue weighted by molar-refractivity contribution is 7.10. The molecule has 0 aliphatic heterocycles. The first kappa shape index (κ1) is 13.8. The second-order valence-electron chi connectivity index (χ2n) is 4.36. The van der Waals surface area contributed by atoms with Crippen LogP contribution in [0.5, 0.6) is 0 Å². The van der Waals surface area contributed by atoms with Gasteiger partial charge in [-0.1, -0.05) is 30.3 Å². The van der Waals surface area contributed by atoms with Crippen molar-refractivity contribution < 1.29 is 5.11 Å². The highest BCUT2D eigenvalue weighted by Gasteiger charge is 2.08. The fourth-order valence-electron chi connectivity index (χ4n) is 1.88. The number of nitriles is 1. The molecular weight excluding hydrogens is 256 g/mol. The average molecular weight is 272 g/mol. The molecule has 1 heterocycles. The number of aliphatic hydroxyl groups is 1. The van der Waals surface area contributed by atoms with Crippen LogP contribution in [0.2, 0.25) is 0 Å². The zero-order chi connectivity index (χ0) is 13.5. The molecule has 0 spiro atoms. The minimum atomic E-state index is 0.0371. The van der Waals surface area contributed by atoms with Crippen molar-refractivity contribution in [2.24, 2.45) is 0 Å². The minimum absolute atomic E-state index is 0.0371. The summed E-state index contributed by atoms with van der Waals surface area (Å²) >= 11 is 1.57. The van der Waals surface area contributed by atoms with Crippen molar-refractivity contribution in [2.75, 3.05) is 6.61 Å². The summed E-state index contributed by atoms with van der Waals surface area (Å²) in [6, 6.07) is 14.2. The number of thiophene rings is 1. The summed E-state index contributed by atoms with van der Waals surface area (Å²) in [4.78, 5) is 1.11. The largest absolute Gasteiger partial charge is 0.395 e. The molecule has 2 N–H and O–H groups in total. The van der Waals surface area contributed by atoms with Gasteiger partial charge in [0.2, 0.25) is 0 Å². The van der Waals surface area contributed by atoms with Gasteiger partial charge in [-0.25, -0.2) is 0 Å². The lowest BCUT2D eigenvalue weighted by Gasteiger charge is -2.15. The SMILES string of the molecule is N#Cc1csc(CN[C@H](CO)Cc2ccccc2)c1. The van der Waals surface area contributed by atoms with Crippen LogP contribution in [-0.2, 0) is 13.0 Å². The normalized spacial score (nSPS) is 12.0. The quantitative estimate of drug-likeness (QED) is 0.848. The van der Waals surface area contributed by atoms with Gasteiger partial charge in [0.1, 0.15) is 6.07 Å². The van der Waals surface area contributed by atoms with Gasteiger partial charge in [0, 0.05) is 22.8 Å². The summed E-state index contributed by atoms with van der Waals surface area (Å²) in [6.07, 6.45) is 0.799. The van der Waals surface area contributed by atoms with E-state index in [9.17, 15) is 5.11 Å². The van der Waals surface area contributed by atoms with E-state index in [1.807, 2.05) is 29.6 Å². The van der Waals surface area contributed by atoms with Gasteiger partial charge in [0.05, 0.1) is 12.2 Å². The fourth-order valence-corrected chi connectivity index (χ4v) is 2.64. The van der Waals surface area contributed by atoms with E-state index in [4.69, 9.17) is 5.26 Å². The van der Waals surface area contributed by atoms with E-state index in [1.165, 1.54) is 5.56 Å². The van der Waals surface area contributed by atoms with Gasteiger partial charge in [-0.05, 0) is 18.1 Å². The first-order valence-electron chi connectivity index (χ1n) is 6.17. The van der Waals surface area contributed by atoms with Gasteiger partial charge in [-0.2, -0.15) is 5.26 Å². The van der Waals surface area contributed by atoms with Crippen molar-refractivity contribution in [1.29, 1.82) is 5.26 Å². The van der Waals surface area contributed by atoms with Crippen LogP contribution >= 0.6 is 11.3 Å². The maximum atomic E-state index is 9.41. The summed E-state index contributed by atoms with van der Waals surface area (Å²) in [5.41, 5.74) is 1.91. The Bertz CT molecular complexity index is 545. The molecule has 0 radical (unpaired) electrons. The molecular formula is C15H16N2OS. The summed E-state index contributed by atoms with van der Waals surface area (Å²) in [5, 5.41) is 23.3. The molecule has 19 heavy (non-hydrogen) atoms. The minimum Gasteiger partial charge on any atom is -0.395 e. The highest BCUT2D eigenvalue weighted by atomic mass is 32.1. The Kier molecular flexibility index (Phi) is 5.10. The van der Waals surface area contributed by atoms with E-state index in [0.717, 1.165) is 11.3 Å². The first-order valence-corrected chi connectivity index (χ1v) is 7.05. The summed E-state index contributed by atoms with van der Waals surface area (Å²) in [7, 11) is 0. The van der Waals surface area contributed by atoms with Crippen molar-refractivity contribution in [3.05, 3.63) is 57.8 Å². The predicted octanol–water partition coefficient (Wildman–Crippen LogP) is 2.31. The van der Waals surface area contributed by atoms with Gasteiger partial charge < -0.3 is 10.4 Å². The number of hydrogen-bond acceptors (Lipinski definition) is 4. The zero-order valence-corrected chi connectivity index (χ0v) is 11.4. The van der Waals surface area contributed by atoms with E-state index < -0.39 is 0 Å². The van der Waals surface area contributed by atoms with E-state index in [0.29, 0.717) is 12.1 Å². The average Bonchev–Trinajstić information content (AvgIpc) is 2.92. The molecule has 3 nitrogen and oxygen atoms in total. The molecule has 2 aromatic rings. The lowest BCUT2D eigenvalue weighted by Crippen LogP contribution is -2.33. The summed E-state index contributed by atoms with van der Waals surface area (Å²) < 4.78 is 0. The Morgan fingerprint density at radius 3 is 2.74 bits per heavy atom.